The fourth-order valence-corrected chi connectivity index (χ4v) is 2.49. The molecule has 0 amide bonds. The lowest BCUT2D eigenvalue weighted by atomic mass is 9.79. The fraction of sp³-hybridized carbons (Fsp3) is 0.417. The van der Waals surface area contributed by atoms with Crippen molar-refractivity contribution >= 4 is 11.7 Å². The molecule has 2 rings (SSSR count). The van der Waals surface area contributed by atoms with Crippen LogP contribution in [0, 0.1) is 11.6 Å². The van der Waals surface area contributed by atoms with Crippen molar-refractivity contribution < 1.29 is 18.7 Å². The molecule has 0 atom stereocenters. The maximum atomic E-state index is 13.3. The Morgan fingerprint density at radius 3 is 2.35 bits per heavy atom. The molecule has 0 spiro atoms. The second kappa shape index (κ2) is 3.98. The number of carboxylic acids is 1. The predicted octanol–water partition coefficient (Wildman–Crippen LogP) is 2.44. The molecule has 0 heterocycles. The van der Waals surface area contributed by atoms with Crippen LogP contribution in [0.1, 0.15) is 31.2 Å². The van der Waals surface area contributed by atoms with E-state index in [1.165, 1.54) is 6.07 Å². The Morgan fingerprint density at radius 1 is 1.29 bits per heavy atom. The maximum Gasteiger partial charge on any atom is 0.314 e. The number of aliphatic carboxylic acids is 1. The Morgan fingerprint density at radius 2 is 1.88 bits per heavy atom. The third kappa shape index (κ3) is 1.75. The van der Waals surface area contributed by atoms with Gasteiger partial charge in [-0.25, -0.2) is 8.78 Å². The topological polar surface area (TPSA) is 63.3 Å². The van der Waals surface area contributed by atoms with Crippen LogP contribution in [0.15, 0.2) is 12.1 Å². The zero-order chi connectivity index (χ0) is 12.6. The van der Waals surface area contributed by atoms with E-state index in [0.717, 1.165) is 18.9 Å². The van der Waals surface area contributed by atoms with Gasteiger partial charge in [0.1, 0.15) is 0 Å². The van der Waals surface area contributed by atoms with E-state index in [0.29, 0.717) is 12.8 Å². The number of hydrogen-bond donors (Lipinski definition) is 2. The first-order valence-electron chi connectivity index (χ1n) is 5.46. The molecule has 3 N–H and O–H groups in total. The standard InChI is InChI=1S/C12H13F2NO2/c13-8-5-7(6-9(15)10(8)14)12(11(16)17)3-1-2-4-12/h5-6H,1-4,15H2,(H,16,17). The van der Waals surface area contributed by atoms with Gasteiger partial charge >= 0.3 is 5.97 Å². The number of benzene rings is 1. The van der Waals surface area contributed by atoms with Gasteiger partial charge in [0, 0.05) is 0 Å². The van der Waals surface area contributed by atoms with E-state index in [-0.39, 0.29) is 11.3 Å². The van der Waals surface area contributed by atoms with Crippen LogP contribution >= 0.6 is 0 Å². The molecule has 5 heteroatoms. The minimum Gasteiger partial charge on any atom is -0.481 e. The zero-order valence-corrected chi connectivity index (χ0v) is 9.17. The summed E-state index contributed by atoms with van der Waals surface area (Å²) in [6, 6.07) is 2.18. The highest BCUT2D eigenvalue weighted by molar-refractivity contribution is 5.82. The summed E-state index contributed by atoms with van der Waals surface area (Å²) >= 11 is 0. The van der Waals surface area contributed by atoms with Crippen molar-refractivity contribution in [3.05, 3.63) is 29.3 Å². The molecule has 0 radical (unpaired) electrons. The molecule has 0 bridgehead atoms. The summed E-state index contributed by atoms with van der Waals surface area (Å²) in [5, 5.41) is 9.31. The fourth-order valence-electron chi connectivity index (χ4n) is 2.49. The van der Waals surface area contributed by atoms with Gasteiger partial charge in [-0.2, -0.15) is 0 Å². The van der Waals surface area contributed by atoms with Gasteiger partial charge in [0.25, 0.3) is 0 Å². The van der Waals surface area contributed by atoms with Crippen molar-refractivity contribution in [3.63, 3.8) is 0 Å². The van der Waals surface area contributed by atoms with Crippen LogP contribution in [0.5, 0.6) is 0 Å². The number of halogens is 2. The number of carboxylic acid groups (broad SMARTS) is 1. The van der Waals surface area contributed by atoms with Crippen LogP contribution in [0.4, 0.5) is 14.5 Å². The molecule has 92 valence electrons. The molecular formula is C12H13F2NO2. The third-order valence-corrected chi connectivity index (χ3v) is 3.48. The highest BCUT2D eigenvalue weighted by Crippen LogP contribution is 2.42. The number of anilines is 1. The molecule has 0 aromatic heterocycles. The minimum absolute atomic E-state index is 0.263. The van der Waals surface area contributed by atoms with E-state index in [9.17, 15) is 18.7 Å². The van der Waals surface area contributed by atoms with Crippen molar-refractivity contribution in [2.24, 2.45) is 0 Å². The van der Waals surface area contributed by atoms with E-state index >= 15 is 0 Å². The summed E-state index contributed by atoms with van der Waals surface area (Å²) in [6.45, 7) is 0. The maximum absolute atomic E-state index is 13.3. The van der Waals surface area contributed by atoms with E-state index in [4.69, 9.17) is 5.73 Å². The predicted molar refractivity (Wildman–Crippen MR) is 58.6 cm³/mol. The molecular weight excluding hydrogens is 228 g/mol. The summed E-state index contributed by atoms with van der Waals surface area (Å²) in [5.74, 6) is -3.21. The first-order valence-corrected chi connectivity index (χ1v) is 5.46. The molecule has 1 aliphatic rings. The molecule has 0 saturated heterocycles. The van der Waals surface area contributed by atoms with E-state index in [1.54, 1.807) is 0 Å². The Hall–Kier alpha value is -1.65. The van der Waals surface area contributed by atoms with E-state index in [2.05, 4.69) is 0 Å². The molecule has 1 aliphatic carbocycles. The van der Waals surface area contributed by atoms with Crippen molar-refractivity contribution in [2.45, 2.75) is 31.1 Å². The number of carbonyl (C=O) groups is 1. The molecule has 1 aromatic rings. The first-order chi connectivity index (χ1) is 7.97. The lowest BCUT2D eigenvalue weighted by molar-refractivity contribution is -0.143. The molecule has 0 aliphatic heterocycles. The lowest BCUT2D eigenvalue weighted by Crippen LogP contribution is -2.32. The van der Waals surface area contributed by atoms with Crippen molar-refractivity contribution in [1.29, 1.82) is 0 Å². The summed E-state index contributed by atoms with van der Waals surface area (Å²) < 4.78 is 26.4. The largest absolute Gasteiger partial charge is 0.481 e. The van der Waals surface area contributed by atoms with Crippen LogP contribution in [0.2, 0.25) is 0 Å². The Bertz CT molecular complexity index is 445. The molecule has 0 unspecified atom stereocenters. The van der Waals surface area contributed by atoms with Crippen LogP contribution in [-0.2, 0) is 10.2 Å². The molecule has 1 saturated carbocycles. The minimum atomic E-state index is -1.12. The molecule has 1 fully saturated rings. The SMILES string of the molecule is Nc1cc(C2(C(=O)O)CCCC2)cc(F)c1F. The van der Waals surface area contributed by atoms with Gasteiger partial charge in [-0.15, -0.1) is 0 Å². The average molecular weight is 241 g/mol. The van der Waals surface area contributed by atoms with Gasteiger partial charge in [-0.1, -0.05) is 12.8 Å². The van der Waals surface area contributed by atoms with Crippen LogP contribution in [-0.4, -0.2) is 11.1 Å². The average Bonchev–Trinajstić information content (AvgIpc) is 2.75. The van der Waals surface area contributed by atoms with Gasteiger partial charge in [0.15, 0.2) is 11.6 Å². The smallest absolute Gasteiger partial charge is 0.314 e. The van der Waals surface area contributed by atoms with Crippen LogP contribution in [0.25, 0.3) is 0 Å². The summed E-state index contributed by atoms with van der Waals surface area (Å²) in [5.41, 5.74) is 4.15. The summed E-state index contributed by atoms with van der Waals surface area (Å²) in [4.78, 5) is 11.4. The van der Waals surface area contributed by atoms with Gasteiger partial charge in [0.2, 0.25) is 0 Å². The van der Waals surface area contributed by atoms with Gasteiger partial charge in [-0.05, 0) is 30.5 Å². The summed E-state index contributed by atoms with van der Waals surface area (Å²) in [6.07, 6.45) is 2.41. The number of rotatable bonds is 2. The Balaban J connectivity index is 2.55. The second-order valence-electron chi connectivity index (χ2n) is 4.46. The molecule has 3 nitrogen and oxygen atoms in total. The highest BCUT2D eigenvalue weighted by atomic mass is 19.2. The quantitative estimate of drug-likeness (QED) is 0.782. The van der Waals surface area contributed by atoms with Gasteiger partial charge in [-0.3, -0.25) is 4.79 Å². The van der Waals surface area contributed by atoms with Crippen molar-refractivity contribution in [3.8, 4) is 0 Å². The third-order valence-electron chi connectivity index (χ3n) is 3.48. The zero-order valence-electron chi connectivity index (χ0n) is 9.17. The van der Waals surface area contributed by atoms with Gasteiger partial charge in [0.05, 0.1) is 11.1 Å². The van der Waals surface area contributed by atoms with Crippen LogP contribution < -0.4 is 5.73 Å². The second-order valence-corrected chi connectivity index (χ2v) is 4.46. The lowest BCUT2D eigenvalue weighted by Gasteiger charge is -2.24. The molecule has 17 heavy (non-hydrogen) atoms. The number of nitrogens with two attached hydrogens (primary N) is 1. The summed E-state index contributed by atoms with van der Waals surface area (Å²) in [7, 11) is 0. The van der Waals surface area contributed by atoms with Crippen molar-refractivity contribution in [1.82, 2.24) is 0 Å². The Labute approximate surface area is 97.2 Å². The van der Waals surface area contributed by atoms with Crippen LogP contribution in [0.3, 0.4) is 0 Å². The monoisotopic (exact) mass is 241 g/mol. The first kappa shape index (κ1) is 11.8. The van der Waals surface area contributed by atoms with E-state index < -0.39 is 23.0 Å². The Kier molecular flexibility index (Phi) is 2.77. The van der Waals surface area contributed by atoms with Gasteiger partial charge < -0.3 is 10.8 Å². The normalized spacial score (nSPS) is 18.2. The number of nitrogen functional groups attached to an aromatic ring is 1. The van der Waals surface area contributed by atoms with Crippen molar-refractivity contribution in [2.75, 3.05) is 5.73 Å². The highest BCUT2D eigenvalue weighted by Gasteiger charge is 2.43. The number of hydrogen-bond acceptors (Lipinski definition) is 2. The molecule has 1 aromatic carbocycles. The van der Waals surface area contributed by atoms with E-state index in [1.807, 2.05) is 0 Å².